The van der Waals surface area contributed by atoms with Crippen LogP contribution in [-0.2, 0) is 14.3 Å². The molecule has 2 aromatic carbocycles. The van der Waals surface area contributed by atoms with E-state index >= 15 is 0 Å². The van der Waals surface area contributed by atoms with Gasteiger partial charge in [-0.15, -0.1) is 11.3 Å². The third-order valence-corrected chi connectivity index (χ3v) is 7.11. The Morgan fingerprint density at radius 3 is 2.39 bits per heavy atom. The number of thiophene rings is 1. The van der Waals surface area contributed by atoms with Gasteiger partial charge in [0.25, 0.3) is 5.91 Å². The van der Waals surface area contributed by atoms with Crippen molar-refractivity contribution in [3.63, 3.8) is 0 Å². The topological polar surface area (TPSA) is 87.7 Å². The fourth-order valence-electron chi connectivity index (χ4n) is 4.49. The Bertz CT molecular complexity index is 1170. The number of carbonyl (C=O) groups excluding carboxylic acids is 3. The number of nitrogens with one attached hydrogen (secondary N) is 2. The molecule has 2 atom stereocenters. The summed E-state index contributed by atoms with van der Waals surface area (Å²) in [5.74, 6) is -0.991. The molecule has 0 radical (unpaired) electrons. The Morgan fingerprint density at radius 2 is 1.75 bits per heavy atom. The molecule has 0 spiro atoms. The number of aryl methyl sites for hydroxylation is 2. The lowest BCUT2D eigenvalue weighted by Crippen LogP contribution is -2.49. The van der Waals surface area contributed by atoms with E-state index in [4.69, 9.17) is 4.74 Å². The molecule has 1 aliphatic rings. The van der Waals surface area contributed by atoms with Crippen LogP contribution in [0.3, 0.4) is 0 Å². The lowest BCUT2D eigenvalue weighted by Gasteiger charge is -2.34. The largest absolute Gasteiger partial charge is 0.376 e. The van der Waals surface area contributed by atoms with E-state index in [1.165, 1.54) is 16.2 Å². The van der Waals surface area contributed by atoms with Crippen LogP contribution in [-0.4, -0.2) is 43.5 Å². The Hall–Kier alpha value is -3.49. The highest BCUT2D eigenvalue weighted by atomic mass is 32.1. The van der Waals surface area contributed by atoms with Crippen molar-refractivity contribution in [1.29, 1.82) is 0 Å². The van der Waals surface area contributed by atoms with E-state index in [1.54, 1.807) is 12.1 Å². The fraction of sp³-hybridized carbons (Fsp3) is 0.321. The maximum Gasteiger partial charge on any atom is 0.261 e. The van der Waals surface area contributed by atoms with Gasteiger partial charge < -0.3 is 15.4 Å². The van der Waals surface area contributed by atoms with Gasteiger partial charge in [-0.2, -0.15) is 0 Å². The molecule has 1 aliphatic heterocycles. The second-order valence-corrected chi connectivity index (χ2v) is 9.81. The number of carbonyl (C=O) groups is 3. The van der Waals surface area contributed by atoms with E-state index in [0.717, 1.165) is 24.0 Å². The first-order valence-electron chi connectivity index (χ1n) is 12.1. The number of rotatable bonds is 9. The van der Waals surface area contributed by atoms with Crippen molar-refractivity contribution in [1.82, 2.24) is 10.6 Å². The van der Waals surface area contributed by atoms with Crippen molar-refractivity contribution < 1.29 is 19.1 Å². The van der Waals surface area contributed by atoms with Crippen LogP contribution in [0, 0.1) is 13.8 Å². The normalized spacial score (nSPS) is 15.8. The number of anilines is 1. The van der Waals surface area contributed by atoms with Crippen molar-refractivity contribution in [3.8, 4) is 0 Å². The molecule has 2 N–H and O–H groups in total. The summed E-state index contributed by atoms with van der Waals surface area (Å²) in [6.45, 7) is 4.66. The highest BCUT2D eigenvalue weighted by Crippen LogP contribution is 2.33. The first-order valence-corrected chi connectivity index (χ1v) is 13.0. The zero-order valence-electron chi connectivity index (χ0n) is 20.5. The average Bonchev–Trinajstić information content (AvgIpc) is 3.60. The van der Waals surface area contributed by atoms with E-state index in [9.17, 15) is 14.4 Å². The maximum absolute atomic E-state index is 13.8. The number of ether oxygens (including phenoxy) is 1. The standard InChI is InChI=1S/C28H31N3O4S/c1-19-9-6-10-20(2)25(19)31(24(32)18-30-27(33)23-14-8-16-36-23)26(21-11-4-3-5-12-21)28(34)29-17-22-13-7-15-35-22/h3-6,8-12,14,16,22,26H,7,13,15,17-18H2,1-2H3,(H,29,34)(H,30,33)/t22-,26+/m0/s1. The van der Waals surface area contributed by atoms with Crippen LogP contribution in [0.25, 0.3) is 0 Å². The van der Waals surface area contributed by atoms with E-state index in [1.807, 2.05) is 67.8 Å². The van der Waals surface area contributed by atoms with Crippen LogP contribution in [0.1, 0.15) is 45.2 Å². The zero-order valence-corrected chi connectivity index (χ0v) is 21.3. The molecular weight excluding hydrogens is 474 g/mol. The van der Waals surface area contributed by atoms with Crippen molar-refractivity contribution in [3.05, 3.63) is 87.6 Å². The molecule has 0 aliphatic carbocycles. The van der Waals surface area contributed by atoms with Crippen LogP contribution >= 0.6 is 11.3 Å². The quantitative estimate of drug-likeness (QED) is 0.457. The average molecular weight is 506 g/mol. The molecule has 7 nitrogen and oxygen atoms in total. The maximum atomic E-state index is 13.8. The lowest BCUT2D eigenvalue weighted by molar-refractivity contribution is -0.126. The summed E-state index contributed by atoms with van der Waals surface area (Å²) in [7, 11) is 0. The summed E-state index contributed by atoms with van der Waals surface area (Å²) in [6, 6.07) is 17.6. The van der Waals surface area contributed by atoms with Crippen LogP contribution in [0.4, 0.5) is 5.69 Å². The van der Waals surface area contributed by atoms with Gasteiger partial charge in [0.2, 0.25) is 11.8 Å². The summed E-state index contributed by atoms with van der Waals surface area (Å²) in [5, 5.41) is 7.54. The molecule has 4 rings (SSSR count). The highest BCUT2D eigenvalue weighted by Gasteiger charge is 2.34. The molecular formula is C28H31N3O4S. The summed E-state index contributed by atoms with van der Waals surface area (Å²) in [5.41, 5.74) is 3.07. The molecule has 36 heavy (non-hydrogen) atoms. The van der Waals surface area contributed by atoms with Crippen LogP contribution in [0.15, 0.2) is 66.0 Å². The first kappa shape index (κ1) is 25.6. The monoisotopic (exact) mass is 505 g/mol. The van der Waals surface area contributed by atoms with Crippen molar-refractivity contribution >= 4 is 34.7 Å². The Morgan fingerprint density at radius 1 is 1.00 bits per heavy atom. The van der Waals surface area contributed by atoms with Gasteiger partial charge in [-0.05, 0) is 54.8 Å². The summed E-state index contributed by atoms with van der Waals surface area (Å²) >= 11 is 1.31. The minimum absolute atomic E-state index is 0.0280. The molecule has 3 amide bonds. The Labute approximate surface area is 215 Å². The summed E-state index contributed by atoms with van der Waals surface area (Å²) < 4.78 is 5.68. The van der Waals surface area contributed by atoms with E-state index in [0.29, 0.717) is 29.3 Å². The Kier molecular flexibility index (Phi) is 8.51. The van der Waals surface area contributed by atoms with E-state index in [-0.39, 0.29) is 30.4 Å². The molecule has 2 heterocycles. The molecule has 8 heteroatoms. The van der Waals surface area contributed by atoms with Crippen LogP contribution in [0.2, 0.25) is 0 Å². The van der Waals surface area contributed by atoms with Gasteiger partial charge in [0.05, 0.1) is 23.2 Å². The Balaban J connectivity index is 1.68. The number of amides is 3. The van der Waals surface area contributed by atoms with Gasteiger partial charge in [-0.1, -0.05) is 54.6 Å². The van der Waals surface area contributed by atoms with Crippen molar-refractivity contribution in [2.24, 2.45) is 0 Å². The number of para-hydroxylation sites is 1. The second-order valence-electron chi connectivity index (χ2n) is 8.86. The molecule has 3 aromatic rings. The second kappa shape index (κ2) is 12.0. The molecule has 0 unspecified atom stereocenters. The van der Waals surface area contributed by atoms with Crippen molar-refractivity contribution in [2.45, 2.75) is 38.8 Å². The van der Waals surface area contributed by atoms with Gasteiger partial charge in [0.1, 0.15) is 6.04 Å². The minimum Gasteiger partial charge on any atom is -0.376 e. The predicted octanol–water partition coefficient (Wildman–Crippen LogP) is 4.16. The highest BCUT2D eigenvalue weighted by molar-refractivity contribution is 7.12. The third-order valence-electron chi connectivity index (χ3n) is 6.24. The molecule has 1 saturated heterocycles. The van der Waals surface area contributed by atoms with Gasteiger partial charge in [-0.25, -0.2) is 0 Å². The van der Waals surface area contributed by atoms with E-state index in [2.05, 4.69) is 10.6 Å². The molecule has 1 aromatic heterocycles. The van der Waals surface area contributed by atoms with Gasteiger partial charge in [0, 0.05) is 13.2 Å². The van der Waals surface area contributed by atoms with Crippen LogP contribution < -0.4 is 15.5 Å². The smallest absolute Gasteiger partial charge is 0.261 e. The molecule has 0 bridgehead atoms. The number of hydrogen-bond acceptors (Lipinski definition) is 5. The zero-order chi connectivity index (χ0) is 25.5. The molecule has 188 valence electrons. The first-order chi connectivity index (χ1) is 17.5. The van der Waals surface area contributed by atoms with Gasteiger partial charge in [-0.3, -0.25) is 19.3 Å². The van der Waals surface area contributed by atoms with Crippen molar-refractivity contribution in [2.75, 3.05) is 24.6 Å². The SMILES string of the molecule is Cc1cccc(C)c1N(C(=O)CNC(=O)c1cccs1)[C@@H](C(=O)NC[C@@H]1CCCO1)c1ccccc1. The van der Waals surface area contributed by atoms with Gasteiger partial charge in [0.15, 0.2) is 0 Å². The lowest BCUT2D eigenvalue weighted by atomic mass is 9.99. The molecule has 1 fully saturated rings. The van der Waals surface area contributed by atoms with Gasteiger partial charge >= 0.3 is 0 Å². The summed E-state index contributed by atoms with van der Waals surface area (Å²) in [6.07, 6.45) is 1.84. The third kappa shape index (κ3) is 6.01. The van der Waals surface area contributed by atoms with E-state index < -0.39 is 6.04 Å². The fourth-order valence-corrected chi connectivity index (χ4v) is 5.13. The molecule has 0 saturated carbocycles. The summed E-state index contributed by atoms with van der Waals surface area (Å²) in [4.78, 5) is 42.1. The van der Waals surface area contributed by atoms with Crippen LogP contribution in [0.5, 0.6) is 0 Å². The predicted molar refractivity (Wildman–Crippen MR) is 141 cm³/mol. The number of benzene rings is 2. The minimum atomic E-state index is -0.918. The number of hydrogen-bond donors (Lipinski definition) is 2. The number of nitrogens with zero attached hydrogens (tertiary/aromatic N) is 1.